The molecule has 1 aliphatic rings. The third-order valence-corrected chi connectivity index (χ3v) is 5.06. The number of hydrogen-bond acceptors (Lipinski definition) is 5. The van der Waals surface area contributed by atoms with E-state index < -0.39 is 5.97 Å². The Labute approximate surface area is 186 Å². The van der Waals surface area contributed by atoms with E-state index in [0.29, 0.717) is 22.6 Å². The lowest BCUT2D eigenvalue weighted by atomic mass is 10.1. The first-order chi connectivity index (χ1) is 15.0. The predicted octanol–water partition coefficient (Wildman–Crippen LogP) is 5.52. The van der Waals surface area contributed by atoms with Crippen LogP contribution in [0.15, 0.2) is 81.9 Å². The minimum absolute atomic E-state index is 0.151. The van der Waals surface area contributed by atoms with Gasteiger partial charge in [0.1, 0.15) is 12.4 Å². The molecule has 3 aromatic rings. The minimum atomic E-state index is -0.551. The highest BCUT2D eigenvalue weighted by Gasteiger charge is 2.25. The maximum atomic E-state index is 13.1. The lowest BCUT2D eigenvalue weighted by Gasteiger charge is -2.13. The highest BCUT2D eigenvalue weighted by molar-refractivity contribution is 9.10. The fourth-order valence-corrected chi connectivity index (χ4v) is 3.23. The summed E-state index contributed by atoms with van der Waals surface area (Å²) in [6, 6.07) is 18.7. The van der Waals surface area contributed by atoms with Crippen molar-refractivity contribution in [3.8, 4) is 11.5 Å². The van der Waals surface area contributed by atoms with Crippen LogP contribution in [0, 0.1) is 5.82 Å². The number of carbonyl (C=O) groups is 1. The normalized spacial score (nSPS) is 14.4. The number of benzene rings is 3. The van der Waals surface area contributed by atoms with E-state index >= 15 is 0 Å². The molecule has 0 saturated heterocycles. The van der Waals surface area contributed by atoms with Gasteiger partial charge in [0.2, 0.25) is 5.90 Å². The van der Waals surface area contributed by atoms with Gasteiger partial charge >= 0.3 is 5.97 Å². The van der Waals surface area contributed by atoms with Gasteiger partial charge in [0.15, 0.2) is 17.2 Å². The molecule has 0 aliphatic carbocycles. The van der Waals surface area contributed by atoms with Crippen molar-refractivity contribution in [2.45, 2.75) is 6.61 Å². The number of aliphatic imine (C=N–C) groups is 1. The van der Waals surface area contributed by atoms with Crippen LogP contribution < -0.4 is 9.47 Å². The van der Waals surface area contributed by atoms with Gasteiger partial charge in [0.25, 0.3) is 0 Å². The van der Waals surface area contributed by atoms with Crippen LogP contribution in [0.5, 0.6) is 11.5 Å². The van der Waals surface area contributed by atoms with Gasteiger partial charge in [-0.15, -0.1) is 0 Å². The van der Waals surface area contributed by atoms with E-state index in [9.17, 15) is 9.18 Å². The molecule has 0 bridgehead atoms. The topological polar surface area (TPSA) is 57.1 Å². The highest BCUT2D eigenvalue weighted by atomic mass is 79.9. The molecule has 0 fully saturated rings. The summed E-state index contributed by atoms with van der Waals surface area (Å²) in [4.78, 5) is 16.7. The number of cyclic esters (lactones) is 1. The van der Waals surface area contributed by atoms with Crippen LogP contribution in [0.2, 0.25) is 0 Å². The molecule has 4 rings (SSSR count). The van der Waals surface area contributed by atoms with E-state index in [1.165, 1.54) is 19.2 Å². The van der Waals surface area contributed by atoms with E-state index in [2.05, 4.69) is 20.9 Å². The number of hydrogen-bond donors (Lipinski definition) is 0. The van der Waals surface area contributed by atoms with Gasteiger partial charge in [-0.2, -0.15) is 0 Å². The Morgan fingerprint density at radius 3 is 2.52 bits per heavy atom. The molecule has 0 spiro atoms. The van der Waals surface area contributed by atoms with Crippen molar-refractivity contribution in [2.75, 3.05) is 7.11 Å². The summed E-state index contributed by atoms with van der Waals surface area (Å²) in [6.07, 6.45) is 1.59. The number of para-hydroxylation sites is 1. The number of halogens is 2. The smallest absolute Gasteiger partial charge is 0.363 e. The Kier molecular flexibility index (Phi) is 6.13. The third-order valence-electron chi connectivity index (χ3n) is 4.53. The van der Waals surface area contributed by atoms with Crippen LogP contribution in [0.25, 0.3) is 6.08 Å². The van der Waals surface area contributed by atoms with E-state index in [0.717, 1.165) is 10.0 Å². The van der Waals surface area contributed by atoms with Crippen molar-refractivity contribution in [2.24, 2.45) is 4.99 Å². The summed E-state index contributed by atoms with van der Waals surface area (Å²) in [5.41, 5.74) is 2.24. The van der Waals surface area contributed by atoms with Crippen molar-refractivity contribution in [1.29, 1.82) is 0 Å². The first-order valence-electron chi connectivity index (χ1n) is 9.36. The molecule has 0 unspecified atom stereocenters. The van der Waals surface area contributed by atoms with Crippen LogP contribution in [-0.4, -0.2) is 19.0 Å². The number of esters is 1. The van der Waals surface area contributed by atoms with E-state index in [4.69, 9.17) is 14.2 Å². The molecule has 0 radical (unpaired) electrons. The summed E-state index contributed by atoms with van der Waals surface area (Å²) in [7, 11) is 1.53. The molecule has 0 saturated carbocycles. The SMILES string of the molecule is COc1cccc(/C=C2\N=C(c3ccc(Br)cc3)OC2=O)c1OCc1ccc(F)cc1. The average Bonchev–Trinajstić information content (AvgIpc) is 3.14. The van der Waals surface area contributed by atoms with Crippen LogP contribution in [0.3, 0.4) is 0 Å². The second-order valence-corrected chi connectivity index (χ2v) is 7.55. The van der Waals surface area contributed by atoms with Crippen molar-refractivity contribution >= 4 is 33.9 Å². The molecular formula is C24H17BrFNO4. The lowest BCUT2D eigenvalue weighted by molar-refractivity contribution is -0.129. The van der Waals surface area contributed by atoms with Gasteiger partial charge in [-0.25, -0.2) is 14.2 Å². The molecule has 0 N–H and O–H groups in total. The molecule has 7 heteroatoms. The van der Waals surface area contributed by atoms with Crippen molar-refractivity contribution in [1.82, 2.24) is 0 Å². The van der Waals surface area contributed by atoms with Gasteiger partial charge in [-0.1, -0.05) is 40.2 Å². The lowest BCUT2D eigenvalue weighted by Crippen LogP contribution is -2.05. The molecule has 1 heterocycles. The molecule has 5 nitrogen and oxygen atoms in total. The first kappa shape index (κ1) is 20.8. The van der Waals surface area contributed by atoms with Gasteiger partial charge in [-0.3, -0.25) is 0 Å². The maximum absolute atomic E-state index is 13.1. The molecular weight excluding hydrogens is 465 g/mol. The summed E-state index contributed by atoms with van der Waals surface area (Å²) in [6.45, 7) is 0.203. The van der Waals surface area contributed by atoms with E-state index in [1.54, 1.807) is 36.4 Å². The van der Waals surface area contributed by atoms with Crippen LogP contribution in [0.1, 0.15) is 16.7 Å². The number of carbonyl (C=O) groups excluding carboxylic acids is 1. The van der Waals surface area contributed by atoms with Crippen molar-refractivity contribution in [3.63, 3.8) is 0 Å². The zero-order valence-electron chi connectivity index (χ0n) is 16.5. The van der Waals surface area contributed by atoms with Crippen LogP contribution in [0.4, 0.5) is 4.39 Å². The Morgan fingerprint density at radius 2 is 1.81 bits per heavy atom. The summed E-state index contributed by atoms with van der Waals surface area (Å²) in [5, 5.41) is 0. The number of rotatable bonds is 6. The minimum Gasteiger partial charge on any atom is -0.493 e. The number of nitrogens with zero attached hydrogens (tertiary/aromatic N) is 1. The van der Waals surface area contributed by atoms with Crippen LogP contribution >= 0.6 is 15.9 Å². The van der Waals surface area contributed by atoms with Gasteiger partial charge in [-0.05, 0) is 54.1 Å². The predicted molar refractivity (Wildman–Crippen MR) is 118 cm³/mol. The van der Waals surface area contributed by atoms with Gasteiger partial charge in [0, 0.05) is 15.6 Å². The third kappa shape index (κ3) is 4.83. The quantitative estimate of drug-likeness (QED) is 0.343. The highest BCUT2D eigenvalue weighted by Crippen LogP contribution is 2.34. The molecule has 156 valence electrons. The first-order valence-corrected chi connectivity index (χ1v) is 10.2. The Balaban J connectivity index is 1.64. The van der Waals surface area contributed by atoms with Crippen molar-refractivity contribution in [3.05, 3.63) is 99.4 Å². The molecule has 0 aromatic heterocycles. The Morgan fingerprint density at radius 1 is 1.06 bits per heavy atom. The van der Waals surface area contributed by atoms with Gasteiger partial charge in [0.05, 0.1) is 7.11 Å². The molecule has 1 aliphatic heterocycles. The number of methoxy groups -OCH3 is 1. The van der Waals surface area contributed by atoms with Gasteiger partial charge < -0.3 is 14.2 Å². The van der Waals surface area contributed by atoms with Crippen LogP contribution in [-0.2, 0) is 16.1 Å². The Bertz CT molecular complexity index is 1170. The maximum Gasteiger partial charge on any atom is 0.363 e. The fourth-order valence-electron chi connectivity index (χ4n) is 2.97. The summed E-state index contributed by atoms with van der Waals surface area (Å²) < 4.78 is 30.8. The molecule has 3 aromatic carbocycles. The second kappa shape index (κ2) is 9.14. The monoisotopic (exact) mass is 481 g/mol. The fraction of sp³-hybridized carbons (Fsp3) is 0.0833. The number of ether oxygens (including phenoxy) is 3. The molecule has 0 amide bonds. The zero-order chi connectivity index (χ0) is 21.8. The van der Waals surface area contributed by atoms with E-state index in [1.807, 2.05) is 24.3 Å². The van der Waals surface area contributed by atoms with Crippen molar-refractivity contribution < 1.29 is 23.4 Å². The average molecular weight is 482 g/mol. The standard InChI is InChI=1S/C24H17BrFNO4/c1-29-21-4-2-3-17(22(21)30-14-15-5-11-19(26)12-6-15)13-20-24(28)31-23(27-20)16-7-9-18(25)10-8-16/h2-13H,14H2,1H3/b20-13-. The summed E-state index contributed by atoms with van der Waals surface area (Å²) in [5.74, 6) is 0.318. The Hall–Kier alpha value is -3.45. The second-order valence-electron chi connectivity index (χ2n) is 6.64. The zero-order valence-corrected chi connectivity index (χ0v) is 18.1. The summed E-state index contributed by atoms with van der Waals surface area (Å²) >= 11 is 3.38. The van der Waals surface area contributed by atoms with E-state index in [-0.39, 0.29) is 24.0 Å². The molecule has 0 atom stereocenters. The largest absolute Gasteiger partial charge is 0.493 e. The molecule has 31 heavy (non-hydrogen) atoms.